The Kier molecular flexibility index (Phi) is 9.83. The third-order valence-electron chi connectivity index (χ3n) is 5.94. The summed E-state index contributed by atoms with van der Waals surface area (Å²) in [4.78, 5) is 17.5. The molecule has 0 N–H and O–H groups in total. The number of ketones is 1. The number of Topliss-reactive ketones (excluding diaryl/α,β-unsaturated/α-hetero) is 1. The van der Waals surface area contributed by atoms with Crippen LogP contribution in [0.1, 0.15) is 85.0 Å². The molecule has 158 valence electrons. The van der Waals surface area contributed by atoms with Gasteiger partial charge < -0.3 is 0 Å². The fraction of sp³-hybridized carbons (Fsp3) is 0.481. The van der Waals surface area contributed by atoms with Crippen LogP contribution in [0.15, 0.2) is 70.3 Å². The minimum atomic E-state index is 0. The molecule has 0 aromatic heterocycles. The molecule has 0 fully saturated rings. The van der Waals surface area contributed by atoms with Crippen LogP contribution in [0.3, 0.4) is 0 Å². The second-order valence-corrected chi connectivity index (χ2v) is 8.11. The third-order valence-corrected chi connectivity index (χ3v) is 5.94. The van der Waals surface area contributed by atoms with E-state index in [-0.39, 0.29) is 7.21 Å². The molecule has 1 aromatic rings. The van der Waals surface area contributed by atoms with Crippen molar-refractivity contribution in [2.45, 2.75) is 78.1 Å². The summed E-state index contributed by atoms with van der Waals surface area (Å²) in [6.45, 7) is 6.42. The van der Waals surface area contributed by atoms with Gasteiger partial charge in [0.05, 0.1) is 0 Å². The van der Waals surface area contributed by atoms with Gasteiger partial charge in [-0.15, -0.1) is 0 Å². The standard InChI is InChI=1S/C27H37NO.H2/c1-5-6-8-14-24(23-15-9-7-10-16-23)18-19-27(29)25-17-12-11-13-21(2)26(20-25)22(3)28-4;/h7,9-10,12,15-17,20,24H,5-6,8,11,13-14,18-19H2,1-4H3;1H/b17-12+,25-20+,26-21+,28-22?;/t24-;/m0./s1. The van der Waals surface area contributed by atoms with Crippen molar-refractivity contribution in [3.05, 3.63) is 70.8 Å². The molecule has 0 amide bonds. The zero-order valence-corrected chi connectivity index (χ0v) is 18.7. The maximum absolute atomic E-state index is 13.1. The summed E-state index contributed by atoms with van der Waals surface area (Å²) in [5, 5.41) is 0. The second kappa shape index (κ2) is 12.4. The van der Waals surface area contributed by atoms with Gasteiger partial charge in [0, 0.05) is 26.2 Å². The van der Waals surface area contributed by atoms with Crippen LogP contribution >= 0.6 is 0 Å². The molecule has 0 heterocycles. The minimum Gasteiger partial charge on any atom is -0.294 e. The predicted molar refractivity (Wildman–Crippen MR) is 128 cm³/mol. The van der Waals surface area contributed by atoms with Crippen LogP contribution in [-0.4, -0.2) is 18.5 Å². The number of benzene rings is 1. The number of rotatable bonds is 10. The summed E-state index contributed by atoms with van der Waals surface area (Å²) < 4.78 is 0. The molecule has 0 unspecified atom stereocenters. The first-order valence-electron chi connectivity index (χ1n) is 11.2. The van der Waals surface area contributed by atoms with Crippen molar-refractivity contribution < 1.29 is 6.22 Å². The SMILES string of the molecule is CCCCC[C@@H](CCC(=O)C1=C/C(C(C)=NC)=C(/C)CC\C=C\1)c1ccccc1.[HH]. The van der Waals surface area contributed by atoms with Crippen molar-refractivity contribution in [2.75, 3.05) is 7.05 Å². The summed E-state index contributed by atoms with van der Waals surface area (Å²) >= 11 is 0. The van der Waals surface area contributed by atoms with Gasteiger partial charge in [0.2, 0.25) is 0 Å². The highest BCUT2D eigenvalue weighted by Crippen LogP contribution is 2.29. The van der Waals surface area contributed by atoms with E-state index in [2.05, 4.69) is 61.3 Å². The highest BCUT2D eigenvalue weighted by atomic mass is 16.1. The maximum Gasteiger partial charge on any atom is 0.162 e. The van der Waals surface area contributed by atoms with Crippen LogP contribution in [0.25, 0.3) is 0 Å². The number of allylic oxidation sites excluding steroid dienone is 6. The van der Waals surface area contributed by atoms with E-state index in [1.54, 1.807) is 0 Å². The molecule has 0 saturated carbocycles. The van der Waals surface area contributed by atoms with E-state index in [0.717, 1.165) is 42.5 Å². The van der Waals surface area contributed by atoms with Crippen molar-refractivity contribution in [3.63, 3.8) is 0 Å². The molecule has 0 aliphatic heterocycles. The number of aliphatic imine (C=N–C) groups is 1. The Balaban J connectivity index is 0.00000450. The monoisotopic (exact) mass is 393 g/mol. The Morgan fingerprint density at radius 3 is 2.62 bits per heavy atom. The minimum absolute atomic E-state index is 0. The Morgan fingerprint density at radius 1 is 1.17 bits per heavy atom. The fourth-order valence-corrected chi connectivity index (χ4v) is 3.97. The fourth-order valence-electron chi connectivity index (χ4n) is 3.97. The molecule has 0 saturated heterocycles. The molecule has 29 heavy (non-hydrogen) atoms. The normalized spacial score (nSPS) is 21.7. The van der Waals surface area contributed by atoms with Crippen molar-refractivity contribution in [2.24, 2.45) is 4.99 Å². The van der Waals surface area contributed by atoms with Gasteiger partial charge in [-0.3, -0.25) is 9.79 Å². The molecule has 2 heteroatoms. The van der Waals surface area contributed by atoms with Gasteiger partial charge in [-0.2, -0.15) is 0 Å². The van der Waals surface area contributed by atoms with E-state index in [1.165, 1.54) is 30.4 Å². The predicted octanol–water partition coefficient (Wildman–Crippen LogP) is 7.63. The Hall–Kier alpha value is -2.22. The highest BCUT2D eigenvalue weighted by molar-refractivity contribution is 6.05. The van der Waals surface area contributed by atoms with Crippen LogP contribution in [-0.2, 0) is 4.79 Å². The number of carbonyl (C=O) groups excluding carboxylic acids is 1. The van der Waals surface area contributed by atoms with E-state index in [0.29, 0.717) is 12.3 Å². The second-order valence-electron chi connectivity index (χ2n) is 8.11. The number of nitrogens with zero attached hydrogens (tertiary/aromatic N) is 1. The lowest BCUT2D eigenvalue weighted by Crippen LogP contribution is -2.09. The summed E-state index contributed by atoms with van der Waals surface area (Å²) in [5.74, 6) is 0.703. The van der Waals surface area contributed by atoms with Gasteiger partial charge in [-0.25, -0.2) is 0 Å². The van der Waals surface area contributed by atoms with E-state index in [1.807, 2.05) is 20.0 Å². The average molecular weight is 394 g/mol. The van der Waals surface area contributed by atoms with Crippen LogP contribution < -0.4 is 0 Å². The molecule has 1 aliphatic carbocycles. The van der Waals surface area contributed by atoms with Crippen LogP contribution in [0, 0.1) is 0 Å². The van der Waals surface area contributed by atoms with Gasteiger partial charge in [-0.1, -0.05) is 74.2 Å². The number of hydrogen-bond acceptors (Lipinski definition) is 2. The quantitative estimate of drug-likeness (QED) is 0.297. The molecule has 0 radical (unpaired) electrons. The molecule has 2 nitrogen and oxygen atoms in total. The van der Waals surface area contributed by atoms with E-state index < -0.39 is 0 Å². The molecule has 1 aromatic carbocycles. The molecule has 1 aliphatic rings. The average Bonchev–Trinajstić information content (AvgIpc) is 2.73. The van der Waals surface area contributed by atoms with Crippen LogP contribution in [0.2, 0.25) is 0 Å². The van der Waals surface area contributed by atoms with Crippen LogP contribution in [0.4, 0.5) is 0 Å². The maximum atomic E-state index is 13.1. The largest absolute Gasteiger partial charge is 0.294 e. The van der Waals surface area contributed by atoms with E-state index in [4.69, 9.17) is 0 Å². The van der Waals surface area contributed by atoms with Crippen molar-refractivity contribution in [1.82, 2.24) is 0 Å². The number of unbranched alkanes of at least 4 members (excludes halogenated alkanes) is 2. The van der Waals surface area contributed by atoms with Gasteiger partial charge >= 0.3 is 0 Å². The van der Waals surface area contributed by atoms with E-state index >= 15 is 0 Å². The third kappa shape index (κ3) is 7.27. The number of carbonyl (C=O) groups is 1. The van der Waals surface area contributed by atoms with Crippen molar-refractivity contribution in [3.8, 4) is 0 Å². The summed E-state index contributed by atoms with van der Waals surface area (Å²) in [7, 11) is 1.82. The molecular formula is C27H39NO. The Bertz CT molecular complexity index is 786. The Labute approximate surface area is 179 Å². The molecular weight excluding hydrogens is 354 g/mol. The van der Waals surface area contributed by atoms with Crippen molar-refractivity contribution >= 4 is 11.5 Å². The highest BCUT2D eigenvalue weighted by Gasteiger charge is 2.16. The van der Waals surface area contributed by atoms with Crippen LogP contribution in [0.5, 0.6) is 0 Å². The summed E-state index contributed by atoms with van der Waals surface area (Å²) in [5.41, 5.74) is 5.63. The molecule has 1 atom stereocenters. The smallest absolute Gasteiger partial charge is 0.162 e. The van der Waals surface area contributed by atoms with E-state index in [9.17, 15) is 4.79 Å². The topological polar surface area (TPSA) is 29.4 Å². The number of hydrogen-bond donors (Lipinski definition) is 0. The molecule has 2 rings (SSSR count). The van der Waals surface area contributed by atoms with Gasteiger partial charge in [0.1, 0.15) is 0 Å². The van der Waals surface area contributed by atoms with Gasteiger partial charge in [0.15, 0.2) is 5.78 Å². The first kappa shape index (κ1) is 23.1. The van der Waals surface area contributed by atoms with Crippen molar-refractivity contribution in [1.29, 1.82) is 0 Å². The zero-order valence-electron chi connectivity index (χ0n) is 18.7. The summed E-state index contributed by atoms with van der Waals surface area (Å²) in [6.07, 6.45) is 14.6. The van der Waals surface area contributed by atoms with Gasteiger partial charge in [0.25, 0.3) is 0 Å². The lowest BCUT2D eigenvalue weighted by Gasteiger charge is -2.18. The molecule has 0 bridgehead atoms. The first-order chi connectivity index (χ1) is 14.1. The lowest BCUT2D eigenvalue weighted by atomic mass is 9.87. The Morgan fingerprint density at radius 2 is 1.93 bits per heavy atom. The van der Waals surface area contributed by atoms with Gasteiger partial charge in [-0.05, 0) is 62.7 Å². The lowest BCUT2D eigenvalue weighted by molar-refractivity contribution is -0.115. The molecule has 0 spiro atoms. The summed E-state index contributed by atoms with van der Waals surface area (Å²) in [6, 6.07) is 10.7. The first-order valence-corrected chi connectivity index (χ1v) is 11.2. The zero-order chi connectivity index (χ0) is 21.1.